The Balaban J connectivity index is 2.39. The van der Waals surface area contributed by atoms with Crippen LogP contribution in [0.4, 0.5) is 10.7 Å². The SMILES string of the molecule is CCCCN(CC)c1sc(C(=O)C(C)C)c(N)c1C1CC1. The summed E-state index contributed by atoms with van der Waals surface area (Å²) < 4.78 is 0. The van der Waals surface area contributed by atoms with E-state index in [9.17, 15) is 4.79 Å². The van der Waals surface area contributed by atoms with E-state index in [2.05, 4.69) is 18.7 Å². The van der Waals surface area contributed by atoms with Crippen molar-refractivity contribution in [3.8, 4) is 0 Å². The zero-order valence-electron chi connectivity index (χ0n) is 13.7. The highest BCUT2D eigenvalue weighted by atomic mass is 32.1. The summed E-state index contributed by atoms with van der Waals surface area (Å²) in [7, 11) is 0. The summed E-state index contributed by atoms with van der Waals surface area (Å²) in [4.78, 5) is 15.6. The van der Waals surface area contributed by atoms with Crippen LogP contribution in [0.15, 0.2) is 0 Å². The third-order valence-corrected chi connectivity index (χ3v) is 5.44. The van der Waals surface area contributed by atoms with Gasteiger partial charge in [0.05, 0.1) is 15.6 Å². The van der Waals surface area contributed by atoms with Crippen LogP contribution in [-0.2, 0) is 0 Å². The lowest BCUT2D eigenvalue weighted by molar-refractivity contribution is 0.0944. The molecular weight excluding hydrogens is 280 g/mol. The average Bonchev–Trinajstić information content (AvgIpc) is 3.23. The number of anilines is 2. The van der Waals surface area contributed by atoms with Crippen molar-refractivity contribution >= 4 is 27.8 Å². The number of ketones is 1. The van der Waals surface area contributed by atoms with Crippen LogP contribution in [-0.4, -0.2) is 18.9 Å². The van der Waals surface area contributed by atoms with Gasteiger partial charge in [-0.2, -0.15) is 0 Å². The van der Waals surface area contributed by atoms with Crippen molar-refractivity contribution in [2.75, 3.05) is 23.7 Å². The van der Waals surface area contributed by atoms with E-state index in [1.807, 2.05) is 13.8 Å². The molecule has 0 radical (unpaired) electrons. The van der Waals surface area contributed by atoms with Gasteiger partial charge in [0, 0.05) is 24.6 Å². The Morgan fingerprint density at radius 2 is 2.05 bits per heavy atom. The van der Waals surface area contributed by atoms with Crippen molar-refractivity contribution in [2.24, 2.45) is 5.92 Å². The Morgan fingerprint density at radius 3 is 2.52 bits per heavy atom. The van der Waals surface area contributed by atoms with E-state index in [-0.39, 0.29) is 11.7 Å². The van der Waals surface area contributed by atoms with Crippen molar-refractivity contribution in [3.05, 3.63) is 10.4 Å². The number of Topliss-reactive ketones (excluding diaryl/α,β-unsaturated/α-hetero) is 1. The molecule has 118 valence electrons. The summed E-state index contributed by atoms with van der Waals surface area (Å²) in [6, 6.07) is 0. The molecule has 0 spiro atoms. The predicted octanol–water partition coefficient (Wildman–Crippen LogP) is 4.67. The van der Waals surface area contributed by atoms with Crippen molar-refractivity contribution in [1.29, 1.82) is 0 Å². The van der Waals surface area contributed by atoms with E-state index in [4.69, 9.17) is 5.73 Å². The molecule has 0 aromatic carbocycles. The van der Waals surface area contributed by atoms with Gasteiger partial charge in [-0.3, -0.25) is 4.79 Å². The molecule has 1 aromatic rings. The normalized spacial score (nSPS) is 14.7. The van der Waals surface area contributed by atoms with Gasteiger partial charge in [-0.15, -0.1) is 11.3 Å². The lowest BCUT2D eigenvalue weighted by Crippen LogP contribution is -2.23. The smallest absolute Gasteiger partial charge is 0.177 e. The molecule has 0 bridgehead atoms. The number of hydrogen-bond donors (Lipinski definition) is 1. The molecular formula is C17H28N2OS. The van der Waals surface area contributed by atoms with Gasteiger partial charge in [-0.25, -0.2) is 0 Å². The second kappa shape index (κ2) is 6.82. The molecule has 0 unspecified atom stereocenters. The van der Waals surface area contributed by atoms with Crippen LogP contribution in [0.1, 0.15) is 74.5 Å². The average molecular weight is 308 g/mol. The molecule has 0 amide bonds. The lowest BCUT2D eigenvalue weighted by atomic mass is 10.0. The third-order valence-electron chi connectivity index (χ3n) is 4.15. The number of carbonyl (C=O) groups is 1. The molecule has 1 aliphatic carbocycles. The molecule has 3 nitrogen and oxygen atoms in total. The summed E-state index contributed by atoms with van der Waals surface area (Å²) in [5.41, 5.74) is 8.40. The molecule has 0 aliphatic heterocycles. The number of unbranched alkanes of at least 4 members (excludes halogenated alkanes) is 1. The molecule has 1 aliphatic rings. The first kappa shape index (κ1) is 16.3. The van der Waals surface area contributed by atoms with Crippen LogP contribution >= 0.6 is 11.3 Å². The fraction of sp³-hybridized carbons (Fsp3) is 0.706. The molecule has 1 aromatic heterocycles. The Hall–Kier alpha value is -1.03. The van der Waals surface area contributed by atoms with Gasteiger partial charge in [0.2, 0.25) is 0 Å². The third kappa shape index (κ3) is 3.42. The fourth-order valence-corrected chi connectivity index (χ4v) is 4.13. The van der Waals surface area contributed by atoms with E-state index >= 15 is 0 Å². The van der Waals surface area contributed by atoms with Crippen molar-refractivity contribution < 1.29 is 4.79 Å². The number of hydrogen-bond acceptors (Lipinski definition) is 4. The lowest BCUT2D eigenvalue weighted by Gasteiger charge is -2.22. The maximum Gasteiger partial charge on any atom is 0.177 e. The molecule has 21 heavy (non-hydrogen) atoms. The number of nitrogens with two attached hydrogens (primary N) is 1. The number of nitrogens with zero attached hydrogens (tertiary/aromatic N) is 1. The molecule has 1 heterocycles. The zero-order valence-corrected chi connectivity index (χ0v) is 14.6. The topological polar surface area (TPSA) is 46.3 Å². The molecule has 2 N–H and O–H groups in total. The first-order valence-electron chi connectivity index (χ1n) is 8.22. The first-order chi connectivity index (χ1) is 10.0. The minimum Gasteiger partial charge on any atom is -0.397 e. The highest BCUT2D eigenvalue weighted by Crippen LogP contribution is 2.52. The molecule has 4 heteroatoms. The quantitative estimate of drug-likeness (QED) is 0.710. The van der Waals surface area contributed by atoms with E-state index in [1.165, 1.54) is 36.2 Å². The van der Waals surface area contributed by atoms with Gasteiger partial charge in [-0.1, -0.05) is 27.2 Å². The van der Waals surface area contributed by atoms with E-state index in [0.29, 0.717) is 5.92 Å². The summed E-state index contributed by atoms with van der Waals surface area (Å²) in [5, 5.41) is 1.26. The first-order valence-corrected chi connectivity index (χ1v) is 9.04. The van der Waals surface area contributed by atoms with Crippen LogP contribution in [0, 0.1) is 5.92 Å². The van der Waals surface area contributed by atoms with Gasteiger partial charge < -0.3 is 10.6 Å². The van der Waals surface area contributed by atoms with Gasteiger partial charge in [0.1, 0.15) is 0 Å². The van der Waals surface area contributed by atoms with Gasteiger partial charge in [-0.05, 0) is 32.1 Å². The highest BCUT2D eigenvalue weighted by molar-refractivity contribution is 7.19. The Morgan fingerprint density at radius 1 is 1.38 bits per heavy atom. The molecule has 0 atom stereocenters. The Labute approximate surface area is 132 Å². The summed E-state index contributed by atoms with van der Waals surface area (Å²) in [5.74, 6) is 0.786. The van der Waals surface area contributed by atoms with Gasteiger partial charge in [0.25, 0.3) is 0 Å². The van der Waals surface area contributed by atoms with Gasteiger partial charge in [0.15, 0.2) is 5.78 Å². The largest absolute Gasteiger partial charge is 0.397 e. The van der Waals surface area contributed by atoms with Crippen molar-refractivity contribution in [1.82, 2.24) is 0 Å². The van der Waals surface area contributed by atoms with Crippen molar-refractivity contribution in [3.63, 3.8) is 0 Å². The minimum absolute atomic E-state index is 0.0107. The number of nitrogen functional groups attached to an aromatic ring is 1. The monoisotopic (exact) mass is 308 g/mol. The fourth-order valence-electron chi connectivity index (χ4n) is 2.64. The molecule has 1 fully saturated rings. The highest BCUT2D eigenvalue weighted by Gasteiger charge is 2.34. The Kier molecular flexibility index (Phi) is 5.31. The summed E-state index contributed by atoms with van der Waals surface area (Å²) >= 11 is 1.63. The zero-order chi connectivity index (χ0) is 15.6. The number of carbonyl (C=O) groups excluding carboxylic acids is 1. The molecule has 0 saturated heterocycles. The second-order valence-electron chi connectivity index (χ2n) is 6.29. The maximum absolute atomic E-state index is 12.4. The molecule has 1 saturated carbocycles. The van der Waals surface area contributed by atoms with E-state index in [1.54, 1.807) is 11.3 Å². The Bertz CT molecular complexity index is 503. The van der Waals surface area contributed by atoms with Crippen LogP contribution in [0.25, 0.3) is 0 Å². The summed E-state index contributed by atoms with van der Waals surface area (Å²) in [6.45, 7) is 10.3. The summed E-state index contributed by atoms with van der Waals surface area (Å²) in [6.07, 6.45) is 4.81. The molecule has 2 rings (SSSR count). The van der Waals surface area contributed by atoms with Crippen LogP contribution < -0.4 is 10.6 Å². The second-order valence-corrected chi connectivity index (χ2v) is 7.29. The standard InChI is InChI=1S/C17H28N2OS/c1-5-7-10-19(6-2)17-13(12-8-9-12)14(18)16(21-17)15(20)11(3)4/h11-12H,5-10,18H2,1-4H3. The minimum atomic E-state index is 0.0107. The van der Waals surface area contributed by atoms with Crippen LogP contribution in [0.5, 0.6) is 0 Å². The van der Waals surface area contributed by atoms with Crippen LogP contribution in [0.3, 0.4) is 0 Å². The predicted molar refractivity (Wildman–Crippen MR) is 92.7 cm³/mol. The van der Waals surface area contributed by atoms with E-state index < -0.39 is 0 Å². The van der Waals surface area contributed by atoms with E-state index in [0.717, 1.165) is 23.7 Å². The van der Waals surface area contributed by atoms with Gasteiger partial charge >= 0.3 is 0 Å². The maximum atomic E-state index is 12.4. The van der Waals surface area contributed by atoms with Crippen molar-refractivity contribution in [2.45, 2.75) is 59.3 Å². The number of thiophene rings is 1. The number of rotatable bonds is 8. The van der Waals surface area contributed by atoms with Crippen LogP contribution in [0.2, 0.25) is 0 Å².